The molecule has 2 aromatic carbocycles. The summed E-state index contributed by atoms with van der Waals surface area (Å²) in [7, 11) is 1.66. The second kappa shape index (κ2) is 8.42. The van der Waals surface area contributed by atoms with E-state index in [1.807, 2.05) is 25.1 Å². The van der Waals surface area contributed by atoms with Gasteiger partial charge in [0.2, 0.25) is 0 Å². The molecule has 0 bridgehead atoms. The Kier molecular flexibility index (Phi) is 5.97. The van der Waals surface area contributed by atoms with Crippen LogP contribution in [-0.4, -0.2) is 23.7 Å². The first-order chi connectivity index (χ1) is 13.4. The van der Waals surface area contributed by atoms with Crippen molar-refractivity contribution < 1.29 is 4.79 Å². The van der Waals surface area contributed by atoms with Crippen molar-refractivity contribution in [3.63, 3.8) is 0 Å². The van der Waals surface area contributed by atoms with Crippen LogP contribution in [0.5, 0.6) is 0 Å². The topological polar surface area (TPSA) is 77.9 Å². The SMILES string of the molecule is CN/C(=C\C(=N)c1cc(Cl)ccc1C)NC(=O)c1cc2ncccc2cc1Cl. The van der Waals surface area contributed by atoms with Gasteiger partial charge in [-0.25, -0.2) is 0 Å². The normalized spacial score (nSPS) is 11.4. The van der Waals surface area contributed by atoms with Gasteiger partial charge in [-0.05, 0) is 42.8 Å². The highest BCUT2D eigenvalue weighted by Crippen LogP contribution is 2.23. The smallest absolute Gasteiger partial charge is 0.258 e. The molecule has 3 N–H and O–H groups in total. The lowest BCUT2D eigenvalue weighted by Gasteiger charge is -2.12. The third kappa shape index (κ3) is 4.32. The zero-order chi connectivity index (χ0) is 20.3. The Morgan fingerprint density at radius 1 is 1.14 bits per heavy atom. The van der Waals surface area contributed by atoms with E-state index in [0.717, 1.165) is 10.9 Å². The molecule has 5 nitrogen and oxygen atoms in total. The summed E-state index contributed by atoms with van der Waals surface area (Å²) in [6.45, 7) is 1.90. The Labute approximate surface area is 172 Å². The van der Waals surface area contributed by atoms with Crippen molar-refractivity contribution in [3.8, 4) is 0 Å². The van der Waals surface area contributed by atoms with Crippen LogP contribution in [0.1, 0.15) is 21.5 Å². The van der Waals surface area contributed by atoms with Gasteiger partial charge in [0.25, 0.3) is 5.91 Å². The highest BCUT2D eigenvalue weighted by Gasteiger charge is 2.14. The maximum Gasteiger partial charge on any atom is 0.258 e. The van der Waals surface area contributed by atoms with Crippen LogP contribution in [0.25, 0.3) is 10.9 Å². The fourth-order valence-electron chi connectivity index (χ4n) is 2.73. The Hall–Kier alpha value is -2.89. The van der Waals surface area contributed by atoms with Crippen molar-refractivity contribution in [1.82, 2.24) is 15.6 Å². The molecule has 3 rings (SSSR count). The first-order valence-electron chi connectivity index (χ1n) is 8.49. The molecule has 7 heteroatoms. The second-order valence-corrected chi connectivity index (χ2v) is 7.01. The molecule has 0 radical (unpaired) electrons. The molecular formula is C21H18Cl2N4O. The van der Waals surface area contributed by atoms with Gasteiger partial charge in [-0.3, -0.25) is 9.78 Å². The number of fused-ring (bicyclic) bond motifs is 1. The maximum absolute atomic E-state index is 12.7. The van der Waals surface area contributed by atoms with E-state index in [1.54, 1.807) is 37.5 Å². The quantitative estimate of drug-likeness (QED) is 0.531. The number of aryl methyl sites for hydroxylation is 1. The molecular weight excluding hydrogens is 395 g/mol. The average Bonchev–Trinajstić information content (AvgIpc) is 2.68. The summed E-state index contributed by atoms with van der Waals surface area (Å²) in [5.74, 6) is -0.0275. The molecule has 1 amide bonds. The zero-order valence-electron chi connectivity index (χ0n) is 15.3. The van der Waals surface area contributed by atoms with Gasteiger partial charge >= 0.3 is 0 Å². The monoisotopic (exact) mass is 412 g/mol. The minimum atomic E-state index is -0.395. The summed E-state index contributed by atoms with van der Waals surface area (Å²) in [6, 6.07) is 12.4. The molecule has 28 heavy (non-hydrogen) atoms. The van der Waals surface area contributed by atoms with E-state index >= 15 is 0 Å². The molecule has 0 aliphatic rings. The number of halogens is 2. The number of rotatable bonds is 5. The predicted molar refractivity (Wildman–Crippen MR) is 114 cm³/mol. The second-order valence-electron chi connectivity index (χ2n) is 6.16. The number of aromatic nitrogens is 1. The van der Waals surface area contributed by atoms with Gasteiger partial charge in [-0.1, -0.05) is 35.3 Å². The molecule has 0 saturated heterocycles. The lowest BCUT2D eigenvalue weighted by atomic mass is 10.0. The maximum atomic E-state index is 12.7. The van der Waals surface area contributed by atoms with Crippen LogP contribution >= 0.6 is 23.2 Å². The van der Waals surface area contributed by atoms with E-state index in [0.29, 0.717) is 32.5 Å². The van der Waals surface area contributed by atoms with E-state index in [9.17, 15) is 4.79 Å². The molecule has 0 aliphatic carbocycles. The Morgan fingerprint density at radius 2 is 1.93 bits per heavy atom. The fourth-order valence-corrected chi connectivity index (χ4v) is 3.16. The molecule has 0 unspecified atom stereocenters. The molecule has 0 saturated carbocycles. The summed E-state index contributed by atoms with van der Waals surface area (Å²) in [5, 5.41) is 15.7. The van der Waals surface area contributed by atoms with E-state index < -0.39 is 5.91 Å². The van der Waals surface area contributed by atoms with Crippen LogP contribution < -0.4 is 10.6 Å². The van der Waals surface area contributed by atoms with E-state index in [4.69, 9.17) is 28.6 Å². The molecule has 0 fully saturated rings. The summed E-state index contributed by atoms with van der Waals surface area (Å²) in [6.07, 6.45) is 3.19. The molecule has 0 atom stereocenters. The van der Waals surface area contributed by atoms with E-state index in [1.165, 1.54) is 6.08 Å². The summed E-state index contributed by atoms with van der Waals surface area (Å²) in [5.41, 5.74) is 2.79. The predicted octanol–water partition coefficient (Wildman–Crippen LogP) is 4.71. The van der Waals surface area contributed by atoms with Crippen LogP contribution in [0, 0.1) is 12.3 Å². The third-order valence-corrected chi connectivity index (χ3v) is 4.78. The first kappa shape index (κ1) is 19.9. The molecule has 1 aromatic heterocycles. The summed E-state index contributed by atoms with van der Waals surface area (Å²) in [4.78, 5) is 17.0. The number of hydrogen-bond acceptors (Lipinski definition) is 4. The minimum absolute atomic E-state index is 0.218. The van der Waals surface area contributed by atoms with Gasteiger partial charge in [-0.15, -0.1) is 0 Å². The van der Waals surface area contributed by atoms with Crippen molar-refractivity contribution in [3.05, 3.63) is 87.3 Å². The van der Waals surface area contributed by atoms with Crippen molar-refractivity contribution >= 4 is 45.7 Å². The van der Waals surface area contributed by atoms with Gasteiger partial charge in [0.15, 0.2) is 0 Å². The number of carbonyl (C=O) groups is 1. The van der Waals surface area contributed by atoms with Crippen molar-refractivity contribution in [1.29, 1.82) is 5.41 Å². The molecule has 1 heterocycles. The van der Waals surface area contributed by atoms with Gasteiger partial charge in [0.05, 0.1) is 21.8 Å². The number of pyridine rings is 1. The number of nitrogens with zero attached hydrogens (tertiary/aromatic N) is 1. The first-order valence-corrected chi connectivity index (χ1v) is 9.25. The fraction of sp³-hybridized carbons (Fsp3) is 0.0952. The third-order valence-electron chi connectivity index (χ3n) is 4.23. The van der Waals surface area contributed by atoms with Crippen LogP contribution in [0.2, 0.25) is 10.0 Å². The van der Waals surface area contributed by atoms with Crippen LogP contribution in [0.4, 0.5) is 0 Å². The number of carbonyl (C=O) groups excluding carboxylic acids is 1. The summed E-state index contributed by atoms with van der Waals surface area (Å²) < 4.78 is 0. The Morgan fingerprint density at radius 3 is 2.68 bits per heavy atom. The Balaban J connectivity index is 1.87. The molecule has 0 spiro atoms. The van der Waals surface area contributed by atoms with Gasteiger partial charge < -0.3 is 16.0 Å². The van der Waals surface area contributed by atoms with Crippen molar-refractivity contribution in [2.45, 2.75) is 6.92 Å². The summed E-state index contributed by atoms with van der Waals surface area (Å²) >= 11 is 12.3. The molecule has 0 aliphatic heterocycles. The van der Waals surface area contributed by atoms with Gasteiger partial charge in [0, 0.05) is 35.3 Å². The zero-order valence-corrected chi connectivity index (χ0v) is 16.8. The highest BCUT2D eigenvalue weighted by atomic mass is 35.5. The number of nitrogens with one attached hydrogen (secondary N) is 3. The minimum Gasteiger partial charge on any atom is -0.375 e. The lowest BCUT2D eigenvalue weighted by Crippen LogP contribution is -2.30. The number of hydrogen-bond donors (Lipinski definition) is 3. The highest BCUT2D eigenvalue weighted by molar-refractivity contribution is 6.34. The number of allylic oxidation sites excluding steroid dienone is 1. The molecule has 142 valence electrons. The van der Waals surface area contributed by atoms with Gasteiger partial charge in [0.1, 0.15) is 5.82 Å². The van der Waals surface area contributed by atoms with Crippen molar-refractivity contribution in [2.24, 2.45) is 0 Å². The van der Waals surface area contributed by atoms with E-state index in [-0.39, 0.29) is 5.71 Å². The van der Waals surface area contributed by atoms with Crippen molar-refractivity contribution in [2.75, 3.05) is 7.05 Å². The number of benzene rings is 2. The van der Waals surface area contributed by atoms with Crippen LogP contribution in [0.3, 0.4) is 0 Å². The van der Waals surface area contributed by atoms with Crippen LogP contribution in [0.15, 0.2) is 60.6 Å². The largest absolute Gasteiger partial charge is 0.375 e. The lowest BCUT2D eigenvalue weighted by molar-refractivity contribution is 0.0964. The van der Waals surface area contributed by atoms with E-state index in [2.05, 4.69) is 15.6 Å². The number of amides is 1. The average molecular weight is 413 g/mol. The standard InChI is InChI=1S/C21H18Cl2N4O/c1-12-5-6-14(22)9-15(12)18(24)11-20(25-2)27-21(28)16-10-19-13(8-17(16)23)4-3-7-26-19/h3-11,24-25H,1-2H3,(H,27,28)/b20-11+,24-18?. The Bertz CT molecular complexity index is 1110. The van der Waals surface area contributed by atoms with Crippen LogP contribution in [-0.2, 0) is 0 Å². The molecule has 3 aromatic rings. The van der Waals surface area contributed by atoms with Gasteiger partial charge in [-0.2, -0.15) is 0 Å².